The zero-order valence-electron chi connectivity index (χ0n) is 13.8. The summed E-state index contributed by atoms with van der Waals surface area (Å²) in [5.74, 6) is 0.204. The molecule has 8 heteroatoms. The van der Waals surface area contributed by atoms with Crippen molar-refractivity contribution in [3.63, 3.8) is 0 Å². The highest BCUT2D eigenvalue weighted by molar-refractivity contribution is 5.89. The molecule has 1 atom stereocenters. The maximum Gasteiger partial charge on any atom is 0.359 e. The van der Waals surface area contributed by atoms with Crippen molar-refractivity contribution in [3.8, 4) is 11.5 Å². The summed E-state index contributed by atoms with van der Waals surface area (Å²) in [5, 5.41) is 2.75. The lowest BCUT2D eigenvalue weighted by Crippen LogP contribution is -2.31. The molecule has 1 unspecified atom stereocenters. The molecular weight excluding hydrogens is 326 g/mol. The Morgan fingerprint density at radius 1 is 1.24 bits per heavy atom. The van der Waals surface area contributed by atoms with Crippen LogP contribution in [0, 0.1) is 6.92 Å². The van der Waals surface area contributed by atoms with Crippen LogP contribution >= 0.6 is 0 Å². The highest BCUT2D eigenvalue weighted by Crippen LogP contribution is 2.34. The fraction of sp³-hybridized carbons (Fsp3) is 0.294. The van der Waals surface area contributed by atoms with Gasteiger partial charge in [0.2, 0.25) is 6.79 Å². The van der Waals surface area contributed by atoms with Gasteiger partial charge in [-0.25, -0.2) is 9.78 Å². The first-order valence-electron chi connectivity index (χ1n) is 7.67. The molecule has 1 aliphatic heterocycles. The molecule has 0 aliphatic carbocycles. The van der Waals surface area contributed by atoms with Crippen LogP contribution in [-0.4, -0.2) is 35.2 Å². The minimum atomic E-state index is -0.696. The quantitative estimate of drug-likeness (QED) is 0.822. The molecule has 0 saturated carbocycles. The van der Waals surface area contributed by atoms with Crippen LogP contribution in [0.4, 0.5) is 0 Å². The highest BCUT2D eigenvalue weighted by atomic mass is 16.7. The standard InChI is InChI=1S/C17H17N3O5/c1-10-6-19-13(7-18-10)17(22)23-8-16(21)20-11(2)12-3-4-14-15(5-12)25-9-24-14/h3-7,11H,8-9H2,1-2H3,(H,20,21). The Balaban J connectivity index is 1.52. The Morgan fingerprint density at radius 2 is 2.04 bits per heavy atom. The molecule has 1 aliphatic rings. The smallest absolute Gasteiger partial charge is 0.359 e. The van der Waals surface area contributed by atoms with E-state index in [1.165, 1.54) is 12.4 Å². The van der Waals surface area contributed by atoms with Crippen LogP contribution < -0.4 is 14.8 Å². The van der Waals surface area contributed by atoms with Crippen LogP contribution in [0.25, 0.3) is 0 Å². The fourth-order valence-electron chi connectivity index (χ4n) is 2.25. The van der Waals surface area contributed by atoms with Gasteiger partial charge in [-0.3, -0.25) is 9.78 Å². The summed E-state index contributed by atoms with van der Waals surface area (Å²) in [5.41, 5.74) is 1.60. The molecule has 2 aromatic rings. The van der Waals surface area contributed by atoms with Gasteiger partial charge in [-0.15, -0.1) is 0 Å². The number of hydrogen-bond donors (Lipinski definition) is 1. The summed E-state index contributed by atoms with van der Waals surface area (Å²) in [4.78, 5) is 31.6. The van der Waals surface area contributed by atoms with Crippen LogP contribution in [-0.2, 0) is 9.53 Å². The van der Waals surface area contributed by atoms with E-state index < -0.39 is 18.5 Å². The first kappa shape index (κ1) is 16.7. The third kappa shape index (κ3) is 4.03. The zero-order valence-corrected chi connectivity index (χ0v) is 13.8. The van der Waals surface area contributed by atoms with E-state index in [0.717, 1.165) is 5.56 Å². The highest BCUT2D eigenvalue weighted by Gasteiger charge is 2.18. The zero-order chi connectivity index (χ0) is 17.8. The van der Waals surface area contributed by atoms with Gasteiger partial charge in [0.05, 0.1) is 17.9 Å². The van der Waals surface area contributed by atoms with Gasteiger partial charge in [-0.05, 0) is 31.5 Å². The molecule has 1 amide bonds. The van der Waals surface area contributed by atoms with Gasteiger partial charge in [0.25, 0.3) is 5.91 Å². The Kier molecular flexibility index (Phi) is 4.78. The van der Waals surface area contributed by atoms with Crippen molar-refractivity contribution in [2.24, 2.45) is 0 Å². The Morgan fingerprint density at radius 3 is 2.80 bits per heavy atom. The van der Waals surface area contributed by atoms with E-state index in [2.05, 4.69) is 15.3 Å². The predicted octanol–water partition coefficient (Wildman–Crippen LogP) is 1.55. The molecule has 1 aromatic heterocycles. The maximum atomic E-state index is 12.0. The van der Waals surface area contributed by atoms with E-state index in [9.17, 15) is 9.59 Å². The van der Waals surface area contributed by atoms with E-state index >= 15 is 0 Å². The van der Waals surface area contributed by atoms with E-state index in [4.69, 9.17) is 14.2 Å². The van der Waals surface area contributed by atoms with Crippen LogP contribution in [0.15, 0.2) is 30.6 Å². The van der Waals surface area contributed by atoms with Gasteiger partial charge in [-0.1, -0.05) is 6.07 Å². The number of hydrogen-bond acceptors (Lipinski definition) is 7. The second kappa shape index (κ2) is 7.16. The number of benzene rings is 1. The molecule has 3 rings (SSSR count). The minimum Gasteiger partial charge on any atom is -0.454 e. The van der Waals surface area contributed by atoms with Gasteiger partial charge in [-0.2, -0.15) is 0 Å². The van der Waals surface area contributed by atoms with Crippen molar-refractivity contribution in [1.82, 2.24) is 15.3 Å². The molecule has 0 saturated heterocycles. The van der Waals surface area contributed by atoms with E-state index in [-0.39, 0.29) is 18.5 Å². The molecule has 1 N–H and O–H groups in total. The van der Waals surface area contributed by atoms with Crippen molar-refractivity contribution in [2.75, 3.05) is 13.4 Å². The summed E-state index contributed by atoms with van der Waals surface area (Å²) in [7, 11) is 0. The second-order valence-electron chi connectivity index (χ2n) is 5.52. The number of amides is 1. The van der Waals surface area contributed by atoms with Crippen LogP contribution in [0.2, 0.25) is 0 Å². The number of nitrogens with one attached hydrogen (secondary N) is 1. The summed E-state index contributed by atoms with van der Waals surface area (Å²) in [6.07, 6.45) is 2.77. The molecule has 8 nitrogen and oxygen atoms in total. The van der Waals surface area contributed by atoms with Gasteiger partial charge >= 0.3 is 5.97 Å². The summed E-state index contributed by atoms with van der Waals surface area (Å²) in [6.45, 7) is 3.37. The lowest BCUT2D eigenvalue weighted by atomic mass is 10.1. The number of aromatic nitrogens is 2. The first-order chi connectivity index (χ1) is 12.0. The van der Waals surface area contributed by atoms with Crippen molar-refractivity contribution in [3.05, 3.63) is 47.5 Å². The van der Waals surface area contributed by atoms with E-state index in [0.29, 0.717) is 17.2 Å². The topological polar surface area (TPSA) is 99.6 Å². The number of nitrogens with zero attached hydrogens (tertiary/aromatic N) is 2. The monoisotopic (exact) mass is 343 g/mol. The molecule has 1 aromatic carbocycles. The Bertz CT molecular complexity index is 791. The van der Waals surface area contributed by atoms with Crippen molar-refractivity contribution >= 4 is 11.9 Å². The molecule has 0 spiro atoms. The third-order valence-corrected chi connectivity index (χ3v) is 3.60. The first-order valence-corrected chi connectivity index (χ1v) is 7.67. The Hall–Kier alpha value is -3.16. The molecule has 0 radical (unpaired) electrons. The molecular formula is C17H17N3O5. The number of rotatable bonds is 5. The second-order valence-corrected chi connectivity index (χ2v) is 5.52. The van der Waals surface area contributed by atoms with Gasteiger partial charge in [0.15, 0.2) is 23.8 Å². The number of ether oxygens (including phenoxy) is 3. The third-order valence-electron chi connectivity index (χ3n) is 3.60. The average Bonchev–Trinajstić information content (AvgIpc) is 3.08. The number of aryl methyl sites for hydroxylation is 1. The Labute approximate surface area is 144 Å². The van der Waals surface area contributed by atoms with Crippen LogP contribution in [0.3, 0.4) is 0 Å². The lowest BCUT2D eigenvalue weighted by molar-refractivity contribution is -0.124. The lowest BCUT2D eigenvalue weighted by Gasteiger charge is -2.14. The fourth-order valence-corrected chi connectivity index (χ4v) is 2.25. The van der Waals surface area contributed by atoms with Crippen LogP contribution in [0.5, 0.6) is 11.5 Å². The summed E-state index contributed by atoms with van der Waals surface area (Å²) < 4.78 is 15.5. The van der Waals surface area contributed by atoms with Gasteiger partial charge < -0.3 is 19.5 Å². The molecule has 2 heterocycles. The van der Waals surface area contributed by atoms with Crippen LogP contribution in [0.1, 0.15) is 34.7 Å². The number of carbonyl (C=O) groups excluding carboxylic acids is 2. The van der Waals surface area contributed by atoms with Crippen molar-refractivity contribution < 1.29 is 23.8 Å². The SMILES string of the molecule is Cc1cnc(C(=O)OCC(=O)NC(C)c2ccc3c(c2)OCO3)cn1. The molecule has 0 fully saturated rings. The van der Waals surface area contributed by atoms with Crippen molar-refractivity contribution in [1.29, 1.82) is 0 Å². The minimum absolute atomic E-state index is 0.0576. The average molecular weight is 343 g/mol. The molecule has 130 valence electrons. The van der Waals surface area contributed by atoms with Gasteiger partial charge in [0, 0.05) is 6.20 Å². The largest absolute Gasteiger partial charge is 0.454 e. The van der Waals surface area contributed by atoms with Gasteiger partial charge in [0.1, 0.15) is 0 Å². The number of esters is 1. The van der Waals surface area contributed by atoms with E-state index in [1.807, 2.05) is 13.0 Å². The number of carbonyl (C=O) groups is 2. The van der Waals surface area contributed by atoms with E-state index in [1.54, 1.807) is 19.1 Å². The normalized spacial score (nSPS) is 13.2. The molecule has 25 heavy (non-hydrogen) atoms. The predicted molar refractivity (Wildman–Crippen MR) is 86.2 cm³/mol. The maximum absolute atomic E-state index is 12.0. The van der Waals surface area contributed by atoms with Crippen molar-refractivity contribution in [2.45, 2.75) is 19.9 Å². The summed E-state index contributed by atoms with van der Waals surface area (Å²) in [6, 6.07) is 5.16. The number of fused-ring (bicyclic) bond motifs is 1. The molecule has 0 bridgehead atoms. The summed E-state index contributed by atoms with van der Waals surface area (Å²) >= 11 is 0.